The Kier molecular flexibility index (Phi) is 4.09. The van der Waals surface area contributed by atoms with Gasteiger partial charge in [0.1, 0.15) is 22.2 Å². The smallest absolute Gasteiger partial charge is 0.143 e. The Hall–Kier alpha value is -1.64. The van der Waals surface area contributed by atoms with Crippen LogP contribution in [0.3, 0.4) is 0 Å². The van der Waals surface area contributed by atoms with Crippen molar-refractivity contribution in [3.63, 3.8) is 0 Å². The van der Waals surface area contributed by atoms with Crippen molar-refractivity contribution < 1.29 is 0 Å². The summed E-state index contributed by atoms with van der Waals surface area (Å²) < 4.78 is 2.89. The van der Waals surface area contributed by atoms with Gasteiger partial charge >= 0.3 is 0 Å². The predicted molar refractivity (Wildman–Crippen MR) is 85.5 cm³/mol. The van der Waals surface area contributed by atoms with Crippen LogP contribution in [0.4, 0.5) is 0 Å². The van der Waals surface area contributed by atoms with E-state index in [0.717, 1.165) is 47.6 Å². The highest BCUT2D eigenvalue weighted by atomic mass is 79.9. The van der Waals surface area contributed by atoms with Crippen molar-refractivity contribution in [2.75, 3.05) is 13.1 Å². The van der Waals surface area contributed by atoms with Crippen molar-refractivity contribution in [3.8, 4) is 17.5 Å². The molecule has 0 aliphatic carbocycles. The quantitative estimate of drug-likeness (QED) is 0.855. The maximum Gasteiger partial charge on any atom is 0.143 e. The van der Waals surface area contributed by atoms with Crippen LogP contribution in [0.25, 0.3) is 11.4 Å². The fraction of sp³-hybridized carbons (Fsp3) is 0.375. The minimum atomic E-state index is -0.273. The van der Waals surface area contributed by atoms with Crippen LogP contribution in [0.2, 0.25) is 0 Å². The number of halogens is 1. The van der Waals surface area contributed by atoms with Crippen LogP contribution in [-0.4, -0.2) is 27.5 Å². The number of imidazole rings is 1. The molecule has 3 rings (SSSR count). The minimum absolute atomic E-state index is 0.273. The van der Waals surface area contributed by atoms with Gasteiger partial charge in [0.15, 0.2) is 0 Å². The number of hydrogen-bond donors (Lipinski definition) is 0. The lowest BCUT2D eigenvalue weighted by Gasteiger charge is -2.19. The van der Waals surface area contributed by atoms with Gasteiger partial charge in [-0.1, -0.05) is 30.3 Å². The van der Waals surface area contributed by atoms with E-state index in [2.05, 4.69) is 26.9 Å². The van der Waals surface area contributed by atoms with E-state index in [9.17, 15) is 5.26 Å². The Morgan fingerprint density at radius 2 is 1.90 bits per heavy atom. The van der Waals surface area contributed by atoms with Crippen LogP contribution in [0.5, 0.6) is 0 Å². The lowest BCUT2D eigenvalue weighted by atomic mass is 10.2. The van der Waals surface area contributed by atoms with Crippen molar-refractivity contribution in [1.29, 1.82) is 5.26 Å². The second kappa shape index (κ2) is 6.00. The number of hydrogen-bond acceptors (Lipinski definition) is 3. The van der Waals surface area contributed by atoms with Crippen molar-refractivity contribution >= 4 is 15.9 Å². The summed E-state index contributed by atoms with van der Waals surface area (Å²) in [5.41, 5.74) is 1.88. The summed E-state index contributed by atoms with van der Waals surface area (Å²) in [6, 6.07) is 12.2. The zero-order chi connectivity index (χ0) is 14.8. The third kappa shape index (κ3) is 2.61. The highest BCUT2D eigenvalue weighted by Crippen LogP contribution is 2.32. The monoisotopic (exact) mass is 344 g/mol. The summed E-state index contributed by atoms with van der Waals surface area (Å²) in [5, 5.41) is 9.57. The van der Waals surface area contributed by atoms with Crippen molar-refractivity contribution in [1.82, 2.24) is 14.5 Å². The molecule has 21 heavy (non-hydrogen) atoms. The number of benzene rings is 1. The molecule has 1 unspecified atom stereocenters. The SMILES string of the molecule is Cn1c(-c2ccccc2)nc(C(C#N)N2CCCC2)c1Br. The molecule has 0 saturated carbocycles. The first-order valence-corrected chi connectivity index (χ1v) is 7.93. The standard InChI is InChI=1S/C16H17BrN4/c1-20-15(17)14(13(11-18)21-9-5-6-10-21)19-16(20)12-7-3-2-4-8-12/h2-4,7-8,13H,5-6,9-10H2,1H3. The van der Waals surface area contributed by atoms with Crippen LogP contribution < -0.4 is 0 Å². The average molecular weight is 345 g/mol. The van der Waals surface area contributed by atoms with Crippen molar-refractivity contribution in [3.05, 3.63) is 40.6 Å². The first-order valence-electron chi connectivity index (χ1n) is 7.13. The van der Waals surface area contributed by atoms with E-state index in [-0.39, 0.29) is 6.04 Å². The Labute approximate surface area is 133 Å². The second-order valence-corrected chi connectivity index (χ2v) is 6.06. The van der Waals surface area contributed by atoms with Gasteiger partial charge in [0, 0.05) is 12.6 Å². The zero-order valence-electron chi connectivity index (χ0n) is 12.0. The van der Waals surface area contributed by atoms with Gasteiger partial charge in [-0.2, -0.15) is 5.26 Å². The molecule has 0 radical (unpaired) electrons. The van der Waals surface area contributed by atoms with Gasteiger partial charge in [-0.05, 0) is 41.9 Å². The summed E-state index contributed by atoms with van der Waals surface area (Å²) in [7, 11) is 1.97. The van der Waals surface area contributed by atoms with E-state index in [0.29, 0.717) is 0 Å². The Bertz CT molecular complexity index is 666. The van der Waals surface area contributed by atoms with E-state index in [1.165, 1.54) is 0 Å². The Morgan fingerprint density at radius 1 is 1.24 bits per heavy atom. The summed E-state index contributed by atoms with van der Waals surface area (Å²) in [5.74, 6) is 0.886. The summed E-state index contributed by atoms with van der Waals surface area (Å²) >= 11 is 3.61. The summed E-state index contributed by atoms with van der Waals surface area (Å²) in [6.45, 7) is 1.95. The van der Waals surface area contributed by atoms with Gasteiger partial charge in [-0.15, -0.1) is 0 Å². The molecule has 1 saturated heterocycles. The number of nitrogens with zero attached hydrogens (tertiary/aromatic N) is 4. The molecule has 1 aliphatic rings. The molecule has 0 N–H and O–H groups in total. The number of aromatic nitrogens is 2. The number of likely N-dealkylation sites (tertiary alicyclic amines) is 1. The van der Waals surface area contributed by atoms with Gasteiger partial charge < -0.3 is 4.57 Å². The van der Waals surface area contributed by atoms with E-state index in [1.54, 1.807) is 0 Å². The van der Waals surface area contributed by atoms with Gasteiger partial charge in [-0.25, -0.2) is 4.98 Å². The molecular formula is C16H17BrN4. The first-order chi connectivity index (χ1) is 10.2. The fourth-order valence-electron chi connectivity index (χ4n) is 2.83. The highest BCUT2D eigenvalue weighted by molar-refractivity contribution is 9.10. The van der Waals surface area contributed by atoms with Crippen LogP contribution in [-0.2, 0) is 7.05 Å². The zero-order valence-corrected chi connectivity index (χ0v) is 13.5. The fourth-order valence-corrected chi connectivity index (χ4v) is 3.31. The van der Waals surface area contributed by atoms with Crippen LogP contribution in [0.15, 0.2) is 34.9 Å². The molecule has 108 valence electrons. The molecule has 2 heterocycles. The van der Waals surface area contributed by atoms with Crippen LogP contribution in [0.1, 0.15) is 24.6 Å². The number of nitriles is 1. The molecule has 0 spiro atoms. The third-order valence-corrected chi connectivity index (χ3v) is 4.91. The molecule has 1 aromatic heterocycles. The van der Waals surface area contributed by atoms with E-state index >= 15 is 0 Å². The molecule has 4 nitrogen and oxygen atoms in total. The maximum atomic E-state index is 9.57. The molecule has 0 amide bonds. The van der Waals surface area contributed by atoms with Gasteiger partial charge in [0.05, 0.1) is 6.07 Å². The number of rotatable bonds is 3. The molecule has 2 aromatic rings. The predicted octanol–water partition coefficient (Wildman–Crippen LogP) is 3.51. The molecular weight excluding hydrogens is 328 g/mol. The largest absolute Gasteiger partial charge is 0.322 e. The lowest BCUT2D eigenvalue weighted by molar-refractivity contribution is 0.289. The van der Waals surface area contributed by atoms with Gasteiger partial charge in [0.25, 0.3) is 0 Å². The topological polar surface area (TPSA) is 44.9 Å². The van der Waals surface area contributed by atoms with E-state index < -0.39 is 0 Å². The Morgan fingerprint density at radius 3 is 2.52 bits per heavy atom. The van der Waals surface area contributed by atoms with Gasteiger partial charge in [0.2, 0.25) is 0 Å². The molecule has 0 bridgehead atoms. The normalized spacial score (nSPS) is 16.8. The molecule has 1 fully saturated rings. The highest BCUT2D eigenvalue weighted by Gasteiger charge is 2.28. The minimum Gasteiger partial charge on any atom is -0.322 e. The molecule has 1 atom stereocenters. The summed E-state index contributed by atoms with van der Waals surface area (Å²) in [6.07, 6.45) is 2.32. The summed E-state index contributed by atoms with van der Waals surface area (Å²) in [4.78, 5) is 6.96. The maximum absolute atomic E-state index is 9.57. The van der Waals surface area contributed by atoms with E-state index in [1.807, 2.05) is 41.9 Å². The van der Waals surface area contributed by atoms with Crippen LogP contribution in [0, 0.1) is 11.3 Å². The third-order valence-electron chi connectivity index (χ3n) is 3.97. The van der Waals surface area contributed by atoms with Crippen molar-refractivity contribution in [2.24, 2.45) is 7.05 Å². The molecule has 5 heteroatoms. The average Bonchev–Trinajstić information content (AvgIpc) is 3.13. The lowest BCUT2D eigenvalue weighted by Crippen LogP contribution is -2.25. The molecule has 1 aliphatic heterocycles. The Balaban J connectivity index is 2.02. The van der Waals surface area contributed by atoms with Crippen LogP contribution >= 0.6 is 15.9 Å². The van der Waals surface area contributed by atoms with E-state index in [4.69, 9.17) is 4.98 Å². The molecule has 1 aromatic carbocycles. The van der Waals surface area contributed by atoms with Gasteiger partial charge in [-0.3, -0.25) is 4.90 Å². The van der Waals surface area contributed by atoms with Crippen molar-refractivity contribution in [2.45, 2.75) is 18.9 Å². The first kappa shape index (κ1) is 14.3. The second-order valence-electron chi connectivity index (χ2n) is 5.31.